The van der Waals surface area contributed by atoms with Crippen molar-refractivity contribution in [1.29, 1.82) is 0 Å². The van der Waals surface area contributed by atoms with Gasteiger partial charge in [-0.15, -0.1) is 0 Å². The molecule has 0 bridgehead atoms. The molecule has 7 heteroatoms. The van der Waals surface area contributed by atoms with Gasteiger partial charge < -0.3 is 14.8 Å². The number of rotatable bonds is 7. The van der Waals surface area contributed by atoms with Gasteiger partial charge in [-0.05, 0) is 67.6 Å². The number of carbonyl (C=O) groups is 1. The first-order valence-electron chi connectivity index (χ1n) is 9.75. The Morgan fingerprint density at radius 1 is 0.968 bits per heavy atom. The van der Waals surface area contributed by atoms with Crippen molar-refractivity contribution in [2.75, 3.05) is 11.9 Å². The van der Waals surface area contributed by atoms with Crippen LogP contribution in [-0.4, -0.2) is 22.3 Å². The molecule has 1 aromatic heterocycles. The highest BCUT2D eigenvalue weighted by molar-refractivity contribution is 6.04. The number of para-hydroxylation sites is 1. The zero-order valence-electron chi connectivity index (χ0n) is 16.8. The molecular weight excluding hydrogens is 397 g/mol. The number of carbonyl (C=O) groups excluding carboxylic acids is 1. The quantitative estimate of drug-likeness (QED) is 0.434. The van der Waals surface area contributed by atoms with Crippen molar-refractivity contribution >= 4 is 11.6 Å². The molecule has 4 rings (SSSR count). The number of anilines is 1. The van der Waals surface area contributed by atoms with Crippen LogP contribution in [-0.2, 0) is 0 Å². The summed E-state index contributed by atoms with van der Waals surface area (Å²) in [6.07, 6.45) is 1.60. The minimum atomic E-state index is -0.416. The van der Waals surface area contributed by atoms with Gasteiger partial charge in [-0.2, -0.15) is 5.10 Å². The Morgan fingerprint density at radius 2 is 1.65 bits per heavy atom. The molecule has 6 nitrogen and oxygen atoms in total. The lowest BCUT2D eigenvalue weighted by atomic mass is 10.2. The number of benzene rings is 3. The average molecular weight is 417 g/mol. The molecule has 31 heavy (non-hydrogen) atoms. The Hall–Kier alpha value is -4.13. The van der Waals surface area contributed by atoms with Gasteiger partial charge in [0.25, 0.3) is 5.91 Å². The number of aromatic nitrogens is 2. The number of amides is 1. The van der Waals surface area contributed by atoms with E-state index in [4.69, 9.17) is 9.47 Å². The first-order chi connectivity index (χ1) is 15.1. The molecule has 156 valence electrons. The Kier molecular flexibility index (Phi) is 5.93. The van der Waals surface area contributed by atoms with Crippen LogP contribution in [0.3, 0.4) is 0 Å². The summed E-state index contributed by atoms with van der Waals surface area (Å²) in [4.78, 5) is 12.8. The molecule has 1 heterocycles. The molecule has 0 aliphatic carbocycles. The molecule has 4 aromatic rings. The van der Waals surface area contributed by atoms with Crippen LogP contribution in [0.2, 0.25) is 0 Å². The highest BCUT2D eigenvalue weighted by Gasteiger charge is 2.19. The standard InChI is InChI=1S/C24H20FN3O3/c1-2-30-22-16-28(19-12-8-17(25)9-13-19)27-23(22)24(29)26-18-10-14-21(15-11-18)31-20-6-4-3-5-7-20/h3-16H,2H2,1H3,(H,26,29). The van der Waals surface area contributed by atoms with E-state index in [9.17, 15) is 9.18 Å². The van der Waals surface area contributed by atoms with E-state index in [-0.39, 0.29) is 11.5 Å². The lowest BCUT2D eigenvalue weighted by Gasteiger charge is -2.08. The first kappa shape index (κ1) is 20.2. The van der Waals surface area contributed by atoms with Crippen molar-refractivity contribution in [3.63, 3.8) is 0 Å². The number of nitrogens with one attached hydrogen (secondary N) is 1. The highest BCUT2D eigenvalue weighted by atomic mass is 19.1. The van der Waals surface area contributed by atoms with Gasteiger partial charge in [0.2, 0.25) is 0 Å². The Labute approximate surface area is 178 Å². The maximum Gasteiger partial charge on any atom is 0.280 e. The molecule has 0 fully saturated rings. The van der Waals surface area contributed by atoms with E-state index in [2.05, 4.69) is 10.4 Å². The van der Waals surface area contributed by atoms with Crippen molar-refractivity contribution in [3.8, 4) is 22.9 Å². The zero-order valence-corrected chi connectivity index (χ0v) is 16.8. The van der Waals surface area contributed by atoms with E-state index in [1.807, 2.05) is 37.3 Å². The third-order valence-corrected chi connectivity index (χ3v) is 4.38. The van der Waals surface area contributed by atoms with Crippen LogP contribution >= 0.6 is 0 Å². The second-order valence-electron chi connectivity index (χ2n) is 6.59. The SMILES string of the molecule is CCOc1cn(-c2ccc(F)cc2)nc1C(=O)Nc1ccc(Oc2ccccc2)cc1. The predicted octanol–water partition coefficient (Wildman–Crippen LogP) is 5.45. The van der Waals surface area contributed by atoms with Gasteiger partial charge in [-0.1, -0.05) is 18.2 Å². The molecule has 1 N–H and O–H groups in total. The summed E-state index contributed by atoms with van der Waals surface area (Å²) in [7, 11) is 0. The zero-order chi connectivity index (χ0) is 21.6. The second-order valence-corrected chi connectivity index (χ2v) is 6.59. The van der Waals surface area contributed by atoms with Crippen LogP contribution in [0.25, 0.3) is 5.69 Å². The van der Waals surface area contributed by atoms with Gasteiger partial charge >= 0.3 is 0 Å². The largest absolute Gasteiger partial charge is 0.490 e. The van der Waals surface area contributed by atoms with Crippen molar-refractivity contribution < 1.29 is 18.7 Å². The summed E-state index contributed by atoms with van der Waals surface area (Å²) in [6, 6.07) is 22.3. The molecule has 0 unspecified atom stereocenters. The van der Waals surface area contributed by atoms with E-state index in [0.717, 1.165) is 5.75 Å². The molecule has 0 saturated carbocycles. The van der Waals surface area contributed by atoms with Crippen LogP contribution in [0, 0.1) is 5.82 Å². The van der Waals surface area contributed by atoms with Gasteiger partial charge in [0.05, 0.1) is 18.5 Å². The maximum atomic E-state index is 13.2. The molecule has 3 aromatic carbocycles. The second kappa shape index (κ2) is 9.13. The molecule has 0 atom stereocenters. The Morgan fingerprint density at radius 3 is 2.32 bits per heavy atom. The molecule has 0 spiro atoms. The fourth-order valence-corrected chi connectivity index (χ4v) is 2.92. The topological polar surface area (TPSA) is 65.4 Å². The molecule has 0 aliphatic heterocycles. The minimum absolute atomic E-state index is 0.135. The summed E-state index contributed by atoms with van der Waals surface area (Å²) < 4.78 is 26.0. The minimum Gasteiger partial charge on any atom is -0.490 e. The summed E-state index contributed by atoms with van der Waals surface area (Å²) in [5.41, 5.74) is 1.34. The molecule has 0 aliphatic rings. The Bertz CT molecular complexity index is 1160. The summed E-state index contributed by atoms with van der Waals surface area (Å²) in [6.45, 7) is 2.20. The number of nitrogens with zero attached hydrogens (tertiary/aromatic N) is 2. The number of halogens is 1. The van der Waals surface area contributed by atoms with Gasteiger partial charge in [0.15, 0.2) is 11.4 Å². The van der Waals surface area contributed by atoms with Gasteiger partial charge in [-0.3, -0.25) is 4.79 Å². The van der Waals surface area contributed by atoms with Crippen LogP contribution in [0.1, 0.15) is 17.4 Å². The van der Waals surface area contributed by atoms with Crippen molar-refractivity contribution in [2.45, 2.75) is 6.92 Å². The molecule has 0 radical (unpaired) electrons. The fraction of sp³-hybridized carbons (Fsp3) is 0.0833. The highest BCUT2D eigenvalue weighted by Crippen LogP contribution is 2.24. The summed E-state index contributed by atoms with van der Waals surface area (Å²) >= 11 is 0. The van der Waals surface area contributed by atoms with Gasteiger partial charge in [0, 0.05) is 5.69 Å². The summed E-state index contributed by atoms with van der Waals surface area (Å²) in [5.74, 6) is 0.958. The maximum absolute atomic E-state index is 13.2. The van der Waals surface area contributed by atoms with Gasteiger partial charge in [-0.25, -0.2) is 9.07 Å². The molecule has 1 amide bonds. The lowest BCUT2D eigenvalue weighted by Crippen LogP contribution is -2.14. The van der Waals surface area contributed by atoms with Crippen LogP contribution < -0.4 is 14.8 Å². The van der Waals surface area contributed by atoms with Crippen molar-refractivity contribution in [3.05, 3.63) is 96.6 Å². The smallest absolute Gasteiger partial charge is 0.280 e. The van der Waals surface area contributed by atoms with Crippen molar-refractivity contribution in [2.24, 2.45) is 0 Å². The average Bonchev–Trinajstić information content (AvgIpc) is 3.21. The lowest BCUT2D eigenvalue weighted by molar-refractivity contribution is 0.101. The predicted molar refractivity (Wildman–Crippen MR) is 116 cm³/mol. The van der Waals surface area contributed by atoms with E-state index >= 15 is 0 Å². The van der Waals surface area contributed by atoms with E-state index in [0.29, 0.717) is 29.5 Å². The number of ether oxygens (including phenoxy) is 2. The van der Waals surface area contributed by atoms with E-state index < -0.39 is 5.91 Å². The third kappa shape index (κ3) is 4.90. The first-order valence-corrected chi connectivity index (χ1v) is 9.75. The molecular formula is C24H20FN3O3. The monoisotopic (exact) mass is 417 g/mol. The normalized spacial score (nSPS) is 10.5. The third-order valence-electron chi connectivity index (χ3n) is 4.38. The van der Waals surface area contributed by atoms with E-state index in [1.165, 1.54) is 16.8 Å². The fourth-order valence-electron chi connectivity index (χ4n) is 2.92. The van der Waals surface area contributed by atoms with Crippen LogP contribution in [0.15, 0.2) is 85.1 Å². The summed E-state index contributed by atoms with van der Waals surface area (Å²) in [5, 5.41) is 7.14. The Balaban J connectivity index is 1.50. The molecule has 0 saturated heterocycles. The van der Waals surface area contributed by atoms with Crippen LogP contribution in [0.4, 0.5) is 10.1 Å². The number of hydrogen-bond donors (Lipinski definition) is 1. The van der Waals surface area contributed by atoms with E-state index in [1.54, 1.807) is 42.6 Å². The van der Waals surface area contributed by atoms with Gasteiger partial charge in [0.1, 0.15) is 17.3 Å². The van der Waals surface area contributed by atoms with Crippen LogP contribution in [0.5, 0.6) is 17.2 Å². The van der Waals surface area contributed by atoms with Crippen molar-refractivity contribution in [1.82, 2.24) is 9.78 Å². The number of hydrogen-bond acceptors (Lipinski definition) is 4.